The maximum Gasteiger partial charge on any atom is 0.202 e. The Morgan fingerprint density at radius 1 is 1.62 bits per heavy atom. The molecule has 0 saturated carbocycles. The van der Waals surface area contributed by atoms with Crippen LogP contribution in [0, 0.1) is 5.92 Å². The minimum Gasteiger partial charge on any atom is -0.504 e. The molecule has 0 aromatic heterocycles. The average molecular weight is 184 g/mol. The molecular formula is C10H16O3. The van der Waals surface area contributed by atoms with Gasteiger partial charge in [-0.3, -0.25) is 4.79 Å². The Balaban J connectivity index is 2.80. The van der Waals surface area contributed by atoms with E-state index in [0.29, 0.717) is 19.3 Å². The van der Waals surface area contributed by atoms with Crippen molar-refractivity contribution in [1.29, 1.82) is 0 Å². The van der Waals surface area contributed by atoms with Crippen molar-refractivity contribution in [2.75, 3.05) is 0 Å². The summed E-state index contributed by atoms with van der Waals surface area (Å²) in [5, 5.41) is 18.9. The van der Waals surface area contributed by atoms with Crippen LogP contribution in [0.4, 0.5) is 0 Å². The van der Waals surface area contributed by atoms with Crippen molar-refractivity contribution in [3.8, 4) is 0 Å². The molecule has 0 aliphatic heterocycles. The first-order chi connectivity index (χ1) is 6.07. The Hall–Kier alpha value is -0.830. The maximum atomic E-state index is 11.5. The molecule has 0 amide bonds. The molecule has 0 heterocycles. The van der Waals surface area contributed by atoms with Gasteiger partial charge in [-0.2, -0.15) is 0 Å². The van der Waals surface area contributed by atoms with Crippen molar-refractivity contribution in [2.24, 2.45) is 5.92 Å². The first-order valence-electron chi connectivity index (χ1n) is 4.69. The van der Waals surface area contributed by atoms with Crippen molar-refractivity contribution in [3.63, 3.8) is 0 Å². The summed E-state index contributed by atoms with van der Waals surface area (Å²) in [6.07, 6.45) is 1.31. The van der Waals surface area contributed by atoms with E-state index in [0.717, 1.165) is 5.57 Å². The van der Waals surface area contributed by atoms with Crippen LogP contribution >= 0.6 is 0 Å². The third-order valence-corrected chi connectivity index (χ3v) is 2.69. The second kappa shape index (κ2) is 3.92. The van der Waals surface area contributed by atoms with Crippen LogP contribution in [-0.4, -0.2) is 22.1 Å². The lowest BCUT2D eigenvalue weighted by Gasteiger charge is -2.24. The van der Waals surface area contributed by atoms with Gasteiger partial charge in [0.1, 0.15) is 0 Å². The SMILES string of the molecule is CCC(O)C1CCC(C)=C(O)C1=O. The van der Waals surface area contributed by atoms with E-state index >= 15 is 0 Å². The Kier molecular flexibility index (Phi) is 3.09. The second-order valence-electron chi connectivity index (χ2n) is 3.61. The highest BCUT2D eigenvalue weighted by molar-refractivity contribution is 5.96. The molecular weight excluding hydrogens is 168 g/mol. The molecule has 0 spiro atoms. The van der Waals surface area contributed by atoms with Gasteiger partial charge in [-0.15, -0.1) is 0 Å². The summed E-state index contributed by atoms with van der Waals surface area (Å²) in [6, 6.07) is 0. The fourth-order valence-corrected chi connectivity index (χ4v) is 1.66. The average Bonchev–Trinajstić information content (AvgIpc) is 2.13. The molecule has 0 bridgehead atoms. The molecule has 2 unspecified atom stereocenters. The van der Waals surface area contributed by atoms with E-state index < -0.39 is 12.0 Å². The van der Waals surface area contributed by atoms with Crippen LogP contribution in [0.5, 0.6) is 0 Å². The summed E-state index contributed by atoms with van der Waals surface area (Å²) in [6.45, 7) is 3.59. The molecule has 1 rings (SSSR count). The summed E-state index contributed by atoms with van der Waals surface area (Å²) < 4.78 is 0. The van der Waals surface area contributed by atoms with Crippen LogP contribution in [0.1, 0.15) is 33.1 Å². The van der Waals surface area contributed by atoms with Gasteiger partial charge in [-0.25, -0.2) is 0 Å². The molecule has 0 saturated heterocycles. The van der Waals surface area contributed by atoms with Crippen molar-refractivity contribution < 1.29 is 15.0 Å². The third kappa shape index (κ3) is 1.91. The molecule has 2 atom stereocenters. The summed E-state index contributed by atoms with van der Waals surface area (Å²) in [5.74, 6) is -0.824. The normalized spacial score (nSPS) is 26.4. The summed E-state index contributed by atoms with van der Waals surface area (Å²) in [4.78, 5) is 11.5. The number of hydrogen-bond acceptors (Lipinski definition) is 3. The van der Waals surface area contributed by atoms with Crippen LogP contribution in [0.3, 0.4) is 0 Å². The molecule has 13 heavy (non-hydrogen) atoms. The largest absolute Gasteiger partial charge is 0.504 e. The first kappa shape index (κ1) is 10.3. The number of aliphatic hydroxyl groups excluding tert-OH is 2. The van der Waals surface area contributed by atoms with Gasteiger partial charge in [-0.05, 0) is 31.8 Å². The van der Waals surface area contributed by atoms with E-state index in [1.165, 1.54) is 0 Å². The van der Waals surface area contributed by atoms with Gasteiger partial charge in [0, 0.05) is 0 Å². The van der Waals surface area contributed by atoms with Crippen molar-refractivity contribution >= 4 is 5.78 Å². The molecule has 0 fully saturated rings. The quantitative estimate of drug-likeness (QED) is 0.684. The van der Waals surface area contributed by atoms with Crippen LogP contribution in [0.25, 0.3) is 0 Å². The number of rotatable bonds is 2. The van der Waals surface area contributed by atoms with Crippen LogP contribution in [0.2, 0.25) is 0 Å². The number of carbonyl (C=O) groups is 1. The first-order valence-corrected chi connectivity index (χ1v) is 4.69. The topological polar surface area (TPSA) is 57.5 Å². The van der Waals surface area contributed by atoms with Crippen LogP contribution in [-0.2, 0) is 4.79 Å². The van der Waals surface area contributed by atoms with E-state index in [4.69, 9.17) is 0 Å². The summed E-state index contributed by atoms with van der Waals surface area (Å²) in [5.41, 5.74) is 0.740. The fourth-order valence-electron chi connectivity index (χ4n) is 1.66. The Bertz CT molecular complexity index is 243. The van der Waals surface area contributed by atoms with Crippen molar-refractivity contribution in [3.05, 3.63) is 11.3 Å². The predicted octanol–water partition coefficient (Wildman–Crippen LogP) is 1.57. The van der Waals surface area contributed by atoms with E-state index in [2.05, 4.69) is 0 Å². The van der Waals surface area contributed by atoms with Gasteiger partial charge in [-0.1, -0.05) is 6.92 Å². The van der Waals surface area contributed by atoms with E-state index in [1.54, 1.807) is 6.92 Å². The van der Waals surface area contributed by atoms with Crippen molar-refractivity contribution in [2.45, 2.75) is 39.2 Å². The number of carbonyl (C=O) groups excluding carboxylic acids is 1. The number of Topliss-reactive ketones (excluding diaryl/α,β-unsaturated/α-hetero) is 1. The summed E-state index contributed by atoms with van der Waals surface area (Å²) >= 11 is 0. The van der Waals surface area contributed by atoms with Gasteiger partial charge >= 0.3 is 0 Å². The summed E-state index contributed by atoms with van der Waals surface area (Å²) in [7, 11) is 0. The van der Waals surface area contributed by atoms with E-state index in [9.17, 15) is 15.0 Å². The Morgan fingerprint density at radius 2 is 2.23 bits per heavy atom. The second-order valence-corrected chi connectivity index (χ2v) is 3.61. The Morgan fingerprint density at radius 3 is 2.77 bits per heavy atom. The lowest BCUT2D eigenvalue weighted by atomic mass is 9.83. The van der Waals surface area contributed by atoms with E-state index in [-0.39, 0.29) is 11.5 Å². The predicted molar refractivity (Wildman–Crippen MR) is 49.4 cm³/mol. The third-order valence-electron chi connectivity index (χ3n) is 2.69. The highest BCUT2D eigenvalue weighted by atomic mass is 16.3. The van der Waals surface area contributed by atoms with Gasteiger partial charge in [0.25, 0.3) is 0 Å². The highest BCUT2D eigenvalue weighted by Gasteiger charge is 2.32. The molecule has 74 valence electrons. The molecule has 0 aromatic rings. The number of aliphatic hydroxyl groups is 2. The monoisotopic (exact) mass is 184 g/mol. The fraction of sp³-hybridized carbons (Fsp3) is 0.700. The molecule has 0 aromatic carbocycles. The maximum absolute atomic E-state index is 11.5. The number of ketones is 1. The zero-order valence-electron chi connectivity index (χ0n) is 8.08. The molecule has 1 aliphatic rings. The Labute approximate surface area is 78.1 Å². The van der Waals surface area contributed by atoms with Crippen molar-refractivity contribution in [1.82, 2.24) is 0 Å². The van der Waals surface area contributed by atoms with Crippen LogP contribution < -0.4 is 0 Å². The minimum atomic E-state index is -0.609. The smallest absolute Gasteiger partial charge is 0.202 e. The standard InChI is InChI=1S/C10H16O3/c1-3-8(11)7-5-4-6(2)9(12)10(7)13/h7-8,11-12H,3-5H2,1-2H3. The van der Waals surface area contributed by atoms with Crippen LogP contribution in [0.15, 0.2) is 11.3 Å². The molecule has 1 aliphatic carbocycles. The number of hydrogen-bond donors (Lipinski definition) is 2. The lowest BCUT2D eigenvalue weighted by molar-refractivity contribution is -0.126. The molecule has 0 radical (unpaired) electrons. The molecule has 3 nitrogen and oxygen atoms in total. The highest BCUT2D eigenvalue weighted by Crippen LogP contribution is 2.27. The van der Waals surface area contributed by atoms with E-state index in [1.807, 2.05) is 6.92 Å². The zero-order valence-corrected chi connectivity index (χ0v) is 8.08. The lowest BCUT2D eigenvalue weighted by Crippen LogP contribution is -2.32. The molecule has 2 N–H and O–H groups in total. The zero-order chi connectivity index (χ0) is 10.0. The van der Waals surface area contributed by atoms with Gasteiger partial charge in [0.15, 0.2) is 5.76 Å². The minimum absolute atomic E-state index is 0.135. The van der Waals surface area contributed by atoms with Gasteiger partial charge in [0.05, 0.1) is 12.0 Å². The number of allylic oxidation sites excluding steroid dienone is 2. The van der Waals surface area contributed by atoms with Gasteiger partial charge in [0.2, 0.25) is 5.78 Å². The molecule has 3 heteroatoms. The van der Waals surface area contributed by atoms with Gasteiger partial charge < -0.3 is 10.2 Å².